The minimum atomic E-state index is -3.99. The summed E-state index contributed by atoms with van der Waals surface area (Å²) >= 11 is 0. The van der Waals surface area contributed by atoms with Gasteiger partial charge in [-0.2, -0.15) is 0 Å². The van der Waals surface area contributed by atoms with Gasteiger partial charge in [0.05, 0.1) is 23.3 Å². The number of nitrogens with one attached hydrogen (secondary N) is 2. The highest BCUT2D eigenvalue weighted by atomic mass is 32.2. The van der Waals surface area contributed by atoms with E-state index in [4.69, 9.17) is 9.88 Å². The standard InChI is InChI=1S/C22H20FN3O5S/c1-13-7-8-14(11-18(13)25-22(28)16-5-3-4-6-17(16)23)21(27)26-19-12-15(32(24,29)30)9-10-20(19)31-2/h3-12H,1-2H3,(H,25,28)(H,26,27)(H2,24,29,30). The lowest BCUT2D eigenvalue weighted by Gasteiger charge is -2.13. The van der Waals surface area contributed by atoms with E-state index in [1.54, 1.807) is 13.0 Å². The van der Waals surface area contributed by atoms with Gasteiger partial charge < -0.3 is 15.4 Å². The van der Waals surface area contributed by atoms with E-state index in [0.29, 0.717) is 11.3 Å². The number of carbonyl (C=O) groups is 2. The molecule has 0 atom stereocenters. The molecule has 0 saturated heterocycles. The average molecular weight is 457 g/mol. The van der Waals surface area contributed by atoms with Gasteiger partial charge in [-0.05, 0) is 55.0 Å². The number of benzene rings is 3. The molecule has 0 spiro atoms. The third-order valence-corrected chi connectivity index (χ3v) is 5.53. The Morgan fingerprint density at radius 2 is 1.62 bits per heavy atom. The van der Waals surface area contributed by atoms with Crippen LogP contribution in [0.1, 0.15) is 26.3 Å². The Labute approximate surface area is 184 Å². The SMILES string of the molecule is COc1ccc(S(N)(=O)=O)cc1NC(=O)c1ccc(C)c(NC(=O)c2ccccc2F)c1. The first-order valence-electron chi connectivity index (χ1n) is 9.29. The number of methoxy groups -OCH3 is 1. The van der Waals surface area contributed by atoms with Crippen molar-refractivity contribution < 1.29 is 27.1 Å². The van der Waals surface area contributed by atoms with Crippen molar-refractivity contribution in [1.29, 1.82) is 0 Å². The number of primary sulfonamides is 1. The van der Waals surface area contributed by atoms with Crippen LogP contribution < -0.4 is 20.5 Å². The summed E-state index contributed by atoms with van der Waals surface area (Å²) < 4.78 is 42.3. The summed E-state index contributed by atoms with van der Waals surface area (Å²) in [5, 5.41) is 10.3. The number of sulfonamides is 1. The molecule has 0 aromatic heterocycles. The average Bonchev–Trinajstić information content (AvgIpc) is 2.74. The van der Waals surface area contributed by atoms with Gasteiger partial charge in [0.15, 0.2) is 0 Å². The first-order valence-corrected chi connectivity index (χ1v) is 10.8. The van der Waals surface area contributed by atoms with E-state index in [9.17, 15) is 22.4 Å². The summed E-state index contributed by atoms with van der Waals surface area (Å²) in [5.41, 5.74) is 1.10. The molecule has 8 nitrogen and oxygen atoms in total. The van der Waals surface area contributed by atoms with Crippen LogP contribution in [0.25, 0.3) is 0 Å². The molecule has 0 aliphatic heterocycles. The third-order valence-electron chi connectivity index (χ3n) is 4.61. The van der Waals surface area contributed by atoms with E-state index in [1.807, 2.05) is 0 Å². The number of hydrogen-bond donors (Lipinski definition) is 3. The first-order chi connectivity index (χ1) is 15.1. The van der Waals surface area contributed by atoms with Crippen molar-refractivity contribution in [2.24, 2.45) is 5.14 Å². The fourth-order valence-electron chi connectivity index (χ4n) is 2.89. The largest absolute Gasteiger partial charge is 0.495 e. The zero-order chi connectivity index (χ0) is 23.5. The number of ether oxygens (including phenoxy) is 1. The second kappa shape index (κ2) is 9.16. The topological polar surface area (TPSA) is 128 Å². The van der Waals surface area contributed by atoms with Crippen molar-refractivity contribution in [3.05, 3.63) is 83.2 Å². The van der Waals surface area contributed by atoms with Crippen LogP contribution in [0.3, 0.4) is 0 Å². The summed E-state index contributed by atoms with van der Waals surface area (Å²) in [4.78, 5) is 25.0. The third kappa shape index (κ3) is 5.10. The van der Waals surface area contributed by atoms with E-state index >= 15 is 0 Å². The molecule has 3 rings (SSSR count). The first kappa shape index (κ1) is 22.9. The van der Waals surface area contributed by atoms with Crippen molar-refractivity contribution in [3.63, 3.8) is 0 Å². The highest BCUT2D eigenvalue weighted by molar-refractivity contribution is 7.89. The number of carbonyl (C=O) groups excluding carboxylic acids is 2. The van der Waals surface area contributed by atoms with Gasteiger partial charge in [-0.15, -0.1) is 0 Å². The van der Waals surface area contributed by atoms with Crippen molar-refractivity contribution >= 4 is 33.2 Å². The van der Waals surface area contributed by atoms with Crippen LogP contribution in [0, 0.1) is 12.7 Å². The number of hydrogen-bond acceptors (Lipinski definition) is 5. The van der Waals surface area contributed by atoms with Gasteiger partial charge in [0, 0.05) is 11.3 Å². The second-order valence-electron chi connectivity index (χ2n) is 6.82. The molecule has 0 saturated carbocycles. The molecule has 0 heterocycles. The monoisotopic (exact) mass is 457 g/mol. The van der Waals surface area contributed by atoms with Gasteiger partial charge in [0.25, 0.3) is 11.8 Å². The molecule has 0 aliphatic rings. The van der Waals surface area contributed by atoms with E-state index in [1.165, 1.54) is 61.7 Å². The van der Waals surface area contributed by atoms with Gasteiger partial charge >= 0.3 is 0 Å². The van der Waals surface area contributed by atoms with E-state index < -0.39 is 27.7 Å². The molecule has 10 heteroatoms. The van der Waals surface area contributed by atoms with Gasteiger partial charge in [-0.25, -0.2) is 17.9 Å². The Balaban J connectivity index is 1.87. The minimum absolute atomic E-state index is 0.0987. The number of rotatable bonds is 6. The Morgan fingerprint density at radius 3 is 2.28 bits per heavy atom. The molecule has 2 amide bonds. The Kier molecular flexibility index (Phi) is 6.56. The van der Waals surface area contributed by atoms with Gasteiger partial charge in [0.1, 0.15) is 11.6 Å². The van der Waals surface area contributed by atoms with Gasteiger partial charge in [-0.1, -0.05) is 18.2 Å². The number of nitrogens with two attached hydrogens (primary N) is 1. The fourth-order valence-corrected chi connectivity index (χ4v) is 3.43. The van der Waals surface area contributed by atoms with Crippen molar-refractivity contribution in [2.75, 3.05) is 17.7 Å². The molecule has 0 unspecified atom stereocenters. The molecule has 3 aromatic rings. The maximum atomic E-state index is 13.9. The minimum Gasteiger partial charge on any atom is -0.495 e. The van der Waals surface area contributed by atoms with Crippen LogP contribution in [0.2, 0.25) is 0 Å². The van der Waals surface area contributed by atoms with Crippen molar-refractivity contribution in [3.8, 4) is 5.75 Å². The smallest absolute Gasteiger partial charge is 0.258 e. The summed E-state index contributed by atoms with van der Waals surface area (Å²) in [6, 6.07) is 13.9. The van der Waals surface area contributed by atoms with E-state index in [0.717, 1.165) is 0 Å². The normalized spacial score (nSPS) is 11.0. The number of amides is 2. The van der Waals surface area contributed by atoms with Crippen LogP contribution in [0.5, 0.6) is 5.75 Å². The number of aryl methyl sites for hydroxylation is 1. The Hall–Kier alpha value is -3.76. The predicted octanol–water partition coefficient (Wildman–Crippen LogP) is 3.29. The molecular formula is C22H20FN3O5S. The molecule has 0 bridgehead atoms. The number of anilines is 2. The van der Waals surface area contributed by atoms with Crippen LogP contribution in [-0.4, -0.2) is 27.3 Å². The van der Waals surface area contributed by atoms with Crippen LogP contribution in [0.15, 0.2) is 65.6 Å². The summed E-state index contributed by atoms with van der Waals surface area (Å²) in [7, 11) is -2.63. The second-order valence-corrected chi connectivity index (χ2v) is 8.39. The van der Waals surface area contributed by atoms with Crippen LogP contribution >= 0.6 is 0 Å². The lowest BCUT2D eigenvalue weighted by Crippen LogP contribution is -2.17. The Morgan fingerprint density at radius 1 is 0.938 bits per heavy atom. The molecule has 3 aromatic carbocycles. The Bertz CT molecular complexity index is 1310. The molecule has 0 fully saturated rings. The summed E-state index contributed by atoms with van der Waals surface area (Å²) in [5.74, 6) is -1.69. The highest BCUT2D eigenvalue weighted by Crippen LogP contribution is 2.28. The molecule has 32 heavy (non-hydrogen) atoms. The predicted molar refractivity (Wildman–Crippen MR) is 118 cm³/mol. The maximum Gasteiger partial charge on any atom is 0.258 e. The highest BCUT2D eigenvalue weighted by Gasteiger charge is 2.17. The number of halogens is 1. The van der Waals surface area contributed by atoms with Crippen molar-refractivity contribution in [2.45, 2.75) is 11.8 Å². The summed E-state index contributed by atoms with van der Waals surface area (Å²) in [6.45, 7) is 1.72. The van der Waals surface area contributed by atoms with Crippen molar-refractivity contribution in [1.82, 2.24) is 0 Å². The van der Waals surface area contributed by atoms with Gasteiger partial charge in [0.2, 0.25) is 10.0 Å². The van der Waals surface area contributed by atoms with E-state index in [-0.39, 0.29) is 27.5 Å². The molecular weight excluding hydrogens is 437 g/mol. The van der Waals surface area contributed by atoms with E-state index in [2.05, 4.69) is 10.6 Å². The molecule has 0 aliphatic carbocycles. The van der Waals surface area contributed by atoms with Gasteiger partial charge in [-0.3, -0.25) is 9.59 Å². The lowest BCUT2D eigenvalue weighted by molar-refractivity contribution is 0.101. The maximum absolute atomic E-state index is 13.9. The fraction of sp³-hybridized carbons (Fsp3) is 0.0909. The molecule has 166 valence electrons. The van der Waals surface area contributed by atoms with Crippen LogP contribution in [0.4, 0.5) is 15.8 Å². The molecule has 4 N–H and O–H groups in total. The summed E-state index contributed by atoms with van der Waals surface area (Å²) in [6.07, 6.45) is 0. The van der Waals surface area contributed by atoms with Crippen LogP contribution in [-0.2, 0) is 10.0 Å². The quantitative estimate of drug-likeness (QED) is 0.523. The zero-order valence-corrected chi connectivity index (χ0v) is 18.0. The molecule has 0 radical (unpaired) electrons. The lowest BCUT2D eigenvalue weighted by atomic mass is 10.1. The zero-order valence-electron chi connectivity index (χ0n) is 17.2.